The van der Waals surface area contributed by atoms with Crippen LogP contribution in [0.25, 0.3) is 0 Å². The highest BCUT2D eigenvalue weighted by molar-refractivity contribution is 9.10. The Bertz CT molecular complexity index is 2990. The van der Waals surface area contributed by atoms with Crippen molar-refractivity contribution in [1.82, 2.24) is 60.2 Å². The Hall–Kier alpha value is -6.57. The fourth-order valence-corrected chi connectivity index (χ4v) is 11.4. The maximum absolute atomic E-state index is 12.9. The van der Waals surface area contributed by atoms with Gasteiger partial charge in [-0.25, -0.2) is 0 Å². The highest BCUT2D eigenvalue weighted by atomic mass is 79.9. The molecular weight excluding hydrogens is 1040 g/mol. The van der Waals surface area contributed by atoms with Gasteiger partial charge < -0.3 is 45.6 Å². The van der Waals surface area contributed by atoms with Gasteiger partial charge in [-0.15, -0.1) is 15.3 Å². The van der Waals surface area contributed by atoms with Crippen molar-refractivity contribution in [1.29, 1.82) is 0 Å². The summed E-state index contributed by atoms with van der Waals surface area (Å²) in [4.78, 5) is 74.8. The summed E-state index contributed by atoms with van der Waals surface area (Å²) in [5.41, 5.74) is 3.29. The number of nitrogens with zero attached hydrogens (tertiary/aromatic N) is 9. The zero-order valence-electron chi connectivity index (χ0n) is 36.9. The molecule has 368 valence electrons. The van der Waals surface area contributed by atoms with E-state index in [2.05, 4.69) is 77.5 Å². The molecule has 0 aromatic carbocycles. The predicted molar refractivity (Wildman–Crippen MR) is 254 cm³/mol. The molecule has 3 fully saturated rings. The van der Waals surface area contributed by atoms with Gasteiger partial charge in [0.15, 0.2) is 0 Å². The Morgan fingerprint density at radius 1 is 0.514 bits per heavy atom. The van der Waals surface area contributed by atoms with E-state index < -0.39 is 17.0 Å². The topological polar surface area (TPSA) is 320 Å². The number of hydrogen-bond acceptors (Lipinski definition) is 18. The number of nitrogens with two attached hydrogens (primary N) is 1. The van der Waals surface area contributed by atoms with Crippen LogP contribution in [0.1, 0.15) is 128 Å². The third kappa shape index (κ3) is 9.05. The van der Waals surface area contributed by atoms with Crippen molar-refractivity contribution in [3.63, 3.8) is 0 Å². The smallest absolute Gasteiger partial charge is 0.319 e. The van der Waals surface area contributed by atoms with Crippen molar-refractivity contribution in [2.75, 3.05) is 16.4 Å². The lowest BCUT2D eigenvalue weighted by Gasteiger charge is -2.35. The molecule has 0 radical (unpaired) electrons. The van der Waals surface area contributed by atoms with Gasteiger partial charge in [0, 0.05) is 0 Å². The molecule has 0 atom stereocenters. The van der Waals surface area contributed by atoms with Gasteiger partial charge in [-0.1, -0.05) is 69.4 Å². The maximum atomic E-state index is 12.9. The molecule has 7 N–H and O–H groups in total. The standard InChI is InChI=1S/2C14H14ClN5O3.C12H12BrClN2O2.C2H3N3O/c2*15-8-6-9(17-13-19-16-7-23-13)12(22)20-10(8)11(21)18-14(20)4-2-1-3-5-14;13-7-6-8(14)9-10(17)15-12(16(9)11(7)18)4-2-1-3-5-12;3-2-5-4-1-6-2/h2*6-7H,1-5H2,(H,17,19)(H,18,21);6H,1-5H2,(H,15,17);1H,(H2,3,5). The summed E-state index contributed by atoms with van der Waals surface area (Å²) in [6, 6.07) is 4.62. The largest absolute Gasteiger partial charge is 0.411 e. The van der Waals surface area contributed by atoms with Crippen LogP contribution in [0.2, 0.25) is 15.1 Å². The molecule has 3 spiro atoms. The molecular formula is C42H43BrCl3N15O9. The third-order valence-electron chi connectivity index (χ3n) is 13.0. The molecule has 6 aromatic rings. The maximum Gasteiger partial charge on any atom is 0.319 e. The molecule has 3 saturated carbocycles. The minimum Gasteiger partial charge on any atom is -0.411 e. The van der Waals surface area contributed by atoms with Gasteiger partial charge in [-0.05, 0) is 111 Å². The molecule has 9 heterocycles. The van der Waals surface area contributed by atoms with E-state index in [9.17, 15) is 28.8 Å². The van der Waals surface area contributed by atoms with E-state index in [1.165, 1.54) is 33.7 Å². The van der Waals surface area contributed by atoms with Gasteiger partial charge in [0.05, 0.1) is 19.5 Å². The number of carbonyl (C=O) groups is 3. The van der Waals surface area contributed by atoms with Gasteiger partial charge in [-0.3, -0.25) is 42.5 Å². The molecule has 6 aromatic heterocycles. The molecule has 24 nitrogen and oxygen atoms in total. The lowest BCUT2D eigenvalue weighted by atomic mass is 9.89. The number of pyridine rings is 3. The number of hydrogen-bond donors (Lipinski definition) is 6. The van der Waals surface area contributed by atoms with Gasteiger partial charge in [0.1, 0.15) is 45.4 Å². The van der Waals surface area contributed by atoms with Crippen molar-refractivity contribution in [2.45, 2.75) is 113 Å². The number of carbonyl (C=O) groups excluding carboxylic acids is 3. The van der Waals surface area contributed by atoms with Crippen molar-refractivity contribution in [2.24, 2.45) is 0 Å². The average Bonchev–Trinajstić information content (AvgIpc) is 4.22. The van der Waals surface area contributed by atoms with Crippen molar-refractivity contribution < 1.29 is 27.6 Å². The van der Waals surface area contributed by atoms with E-state index in [0.29, 0.717) is 40.9 Å². The Balaban J connectivity index is 0.000000124. The predicted octanol–water partition coefficient (Wildman–Crippen LogP) is 6.25. The van der Waals surface area contributed by atoms with E-state index in [1.807, 2.05) is 0 Å². The molecule has 70 heavy (non-hydrogen) atoms. The molecule has 0 bridgehead atoms. The van der Waals surface area contributed by atoms with Gasteiger partial charge in [0.25, 0.3) is 34.4 Å². The summed E-state index contributed by atoms with van der Waals surface area (Å²) in [5.74, 6) is -0.858. The normalized spacial score (nSPS) is 18.4. The minimum atomic E-state index is -0.683. The van der Waals surface area contributed by atoms with Gasteiger partial charge in [0.2, 0.25) is 19.2 Å². The number of nitrogen functional groups attached to an aromatic ring is 1. The second kappa shape index (κ2) is 19.7. The van der Waals surface area contributed by atoms with Crippen LogP contribution < -0.4 is 49.0 Å². The van der Waals surface area contributed by atoms with E-state index in [4.69, 9.17) is 49.4 Å². The lowest BCUT2D eigenvalue weighted by molar-refractivity contribution is 0.0867. The summed E-state index contributed by atoms with van der Waals surface area (Å²) >= 11 is 21.8. The first kappa shape index (κ1) is 48.5. The Labute approximate surface area is 418 Å². The number of halogens is 4. The van der Waals surface area contributed by atoms with E-state index >= 15 is 0 Å². The first-order valence-corrected chi connectivity index (χ1v) is 24.2. The number of amides is 3. The van der Waals surface area contributed by atoms with Crippen LogP contribution in [0.5, 0.6) is 0 Å². The van der Waals surface area contributed by atoms with Gasteiger partial charge >= 0.3 is 18.0 Å². The number of nitrogens with one attached hydrogen (secondary N) is 5. The number of anilines is 5. The van der Waals surface area contributed by atoms with Crippen LogP contribution in [-0.4, -0.2) is 62.0 Å². The molecule has 0 saturated heterocycles. The summed E-state index contributed by atoms with van der Waals surface area (Å²) in [6.45, 7) is 0. The highest BCUT2D eigenvalue weighted by Crippen LogP contribution is 2.41. The van der Waals surface area contributed by atoms with Crippen LogP contribution >= 0.6 is 50.7 Å². The molecule has 3 aliphatic carbocycles. The van der Waals surface area contributed by atoms with Crippen LogP contribution in [0.3, 0.4) is 0 Å². The average molecular weight is 1090 g/mol. The molecule has 28 heteroatoms. The van der Waals surface area contributed by atoms with Crippen molar-refractivity contribution in [3.05, 3.63) is 105 Å². The fourth-order valence-electron chi connectivity index (χ4n) is 10.1. The summed E-state index contributed by atoms with van der Waals surface area (Å²) in [5, 5.41) is 36.2. The quantitative estimate of drug-likeness (QED) is 0.114. The zero-order valence-corrected chi connectivity index (χ0v) is 40.7. The molecule has 12 rings (SSSR count). The summed E-state index contributed by atoms with van der Waals surface area (Å²) < 4.78 is 19.3. The minimum absolute atomic E-state index is 0.0914. The monoisotopic (exact) mass is 1090 g/mol. The highest BCUT2D eigenvalue weighted by Gasteiger charge is 2.48. The van der Waals surface area contributed by atoms with Crippen LogP contribution in [0.4, 0.5) is 29.4 Å². The SMILES string of the molecule is Nc1nnco1.O=C1NC2(CCCCC2)n2c1c(Cl)cc(Br)c2=O.O=C1NC2(CCCCC2)n2c1c(Cl)cc(Nc1nnco1)c2=O.O=C1NC2(CCCCC2)n2c1c(Cl)cc(Nc1nnco1)c2=O. The van der Waals surface area contributed by atoms with E-state index in [-0.39, 0.29) is 85.3 Å². The number of fused-ring (bicyclic) bond motifs is 6. The summed E-state index contributed by atoms with van der Waals surface area (Å²) in [7, 11) is 0. The second-order valence-corrected chi connectivity index (χ2v) is 19.3. The zero-order chi connectivity index (χ0) is 49.4. The number of aromatic nitrogens is 9. The molecule has 6 aliphatic rings. The third-order valence-corrected chi connectivity index (χ3v) is 14.4. The van der Waals surface area contributed by atoms with Gasteiger partial charge in [-0.2, -0.15) is 0 Å². The molecule has 3 aliphatic heterocycles. The van der Waals surface area contributed by atoms with E-state index in [1.54, 1.807) is 4.57 Å². The number of rotatable bonds is 4. The Morgan fingerprint density at radius 2 is 0.857 bits per heavy atom. The first-order valence-electron chi connectivity index (χ1n) is 22.3. The van der Waals surface area contributed by atoms with Crippen molar-refractivity contribution in [3.8, 4) is 0 Å². The summed E-state index contributed by atoms with van der Waals surface area (Å²) in [6.07, 6.45) is 17.1. The Morgan fingerprint density at radius 3 is 1.17 bits per heavy atom. The Kier molecular flexibility index (Phi) is 13.6. The second-order valence-electron chi connectivity index (χ2n) is 17.3. The van der Waals surface area contributed by atoms with Crippen molar-refractivity contribution >= 4 is 97.9 Å². The molecule has 3 amide bonds. The van der Waals surface area contributed by atoms with E-state index in [0.717, 1.165) is 83.4 Å². The molecule has 0 unspecified atom stereocenters. The first-order chi connectivity index (χ1) is 33.7. The fraction of sp³-hybridized carbons (Fsp3) is 0.429. The lowest BCUT2D eigenvalue weighted by Crippen LogP contribution is -2.48. The van der Waals surface area contributed by atoms with Crippen LogP contribution in [0, 0.1) is 0 Å². The van der Waals surface area contributed by atoms with Crippen LogP contribution in [-0.2, 0) is 17.0 Å². The van der Waals surface area contributed by atoms with Crippen LogP contribution in [0.15, 0.2) is 69.5 Å².